The first kappa shape index (κ1) is 14.6. The topological polar surface area (TPSA) is 67.2 Å². The molecule has 2 atom stereocenters. The molecular weight excluding hydrogens is 256 g/mol. The highest BCUT2D eigenvalue weighted by molar-refractivity contribution is 5.89. The number of nitrogens with zero attached hydrogens (tertiary/aromatic N) is 3. The molecule has 0 aliphatic carbocycles. The van der Waals surface area contributed by atoms with E-state index in [1.54, 1.807) is 18.1 Å². The lowest BCUT2D eigenvalue weighted by Crippen LogP contribution is -2.38. The normalized spacial score (nSPS) is 20.6. The summed E-state index contributed by atoms with van der Waals surface area (Å²) in [5.41, 5.74) is 0. The van der Waals surface area contributed by atoms with E-state index >= 15 is 0 Å². The van der Waals surface area contributed by atoms with Crippen LogP contribution in [0.3, 0.4) is 0 Å². The second kappa shape index (κ2) is 5.64. The maximum absolute atomic E-state index is 12.3. The van der Waals surface area contributed by atoms with Gasteiger partial charge in [0.1, 0.15) is 5.82 Å². The molecule has 2 amide bonds. The first-order valence-corrected chi connectivity index (χ1v) is 6.91. The van der Waals surface area contributed by atoms with Crippen molar-refractivity contribution in [2.24, 2.45) is 18.9 Å². The van der Waals surface area contributed by atoms with E-state index in [9.17, 15) is 9.59 Å². The fourth-order valence-electron chi connectivity index (χ4n) is 2.52. The largest absolute Gasteiger partial charge is 0.346 e. The molecule has 1 N–H and O–H groups in total. The number of carbonyl (C=O) groups excluding carboxylic acids is 2. The van der Waals surface area contributed by atoms with Crippen molar-refractivity contribution in [2.75, 3.05) is 13.6 Å². The van der Waals surface area contributed by atoms with Gasteiger partial charge in [-0.1, -0.05) is 13.8 Å². The Balaban J connectivity index is 2.08. The van der Waals surface area contributed by atoms with Gasteiger partial charge in [0.15, 0.2) is 0 Å². The van der Waals surface area contributed by atoms with Crippen LogP contribution in [0, 0.1) is 11.8 Å². The summed E-state index contributed by atoms with van der Waals surface area (Å²) in [6.45, 7) is 4.59. The van der Waals surface area contributed by atoms with Crippen LogP contribution < -0.4 is 5.32 Å². The Morgan fingerprint density at radius 2 is 2.15 bits per heavy atom. The van der Waals surface area contributed by atoms with Gasteiger partial charge in [-0.2, -0.15) is 0 Å². The van der Waals surface area contributed by atoms with E-state index in [1.807, 2.05) is 31.7 Å². The van der Waals surface area contributed by atoms with E-state index in [0.29, 0.717) is 13.0 Å². The summed E-state index contributed by atoms with van der Waals surface area (Å²) in [4.78, 5) is 29.8. The van der Waals surface area contributed by atoms with Crippen molar-refractivity contribution in [1.82, 2.24) is 19.8 Å². The molecule has 1 aromatic heterocycles. The maximum Gasteiger partial charge on any atom is 0.226 e. The predicted octanol–water partition coefficient (Wildman–Crippen LogP) is 0.712. The van der Waals surface area contributed by atoms with Crippen molar-refractivity contribution < 1.29 is 9.59 Å². The number of aryl methyl sites for hydroxylation is 1. The molecular formula is C14H22N4O2. The van der Waals surface area contributed by atoms with Crippen LogP contribution in [0.15, 0.2) is 12.4 Å². The molecule has 1 saturated heterocycles. The second-order valence-electron chi connectivity index (χ2n) is 5.80. The van der Waals surface area contributed by atoms with Crippen LogP contribution in [0.2, 0.25) is 0 Å². The van der Waals surface area contributed by atoms with E-state index in [-0.39, 0.29) is 29.7 Å². The minimum atomic E-state index is -0.256. The van der Waals surface area contributed by atoms with Gasteiger partial charge >= 0.3 is 0 Å². The summed E-state index contributed by atoms with van der Waals surface area (Å²) in [7, 11) is 3.64. The van der Waals surface area contributed by atoms with Gasteiger partial charge in [0.25, 0.3) is 0 Å². The summed E-state index contributed by atoms with van der Waals surface area (Å²) in [6.07, 6.45) is 3.89. The highest BCUT2D eigenvalue weighted by atomic mass is 16.2. The van der Waals surface area contributed by atoms with Crippen molar-refractivity contribution >= 4 is 11.8 Å². The fraction of sp³-hybridized carbons (Fsp3) is 0.643. The van der Waals surface area contributed by atoms with Crippen LogP contribution in [-0.4, -0.2) is 39.9 Å². The van der Waals surface area contributed by atoms with Gasteiger partial charge in [-0.15, -0.1) is 0 Å². The minimum Gasteiger partial charge on any atom is -0.346 e. The molecule has 2 rings (SSSR count). The monoisotopic (exact) mass is 278 g/mol. The maximum atomic E-state index is 12.3. The number of rotatable bonds is 4. The van der Waals surface area contributed by atoms with E-state index < -0.39 is 0 Å². The number of imidazole rings is 1. The molecule has 1 fully saturated rings. The van der Waals surface area contributed by atoms with Crippen molar-refractivity contribution in [3.05, 3.63) is 18.2 Å². The lowest BCUT2D eigenvalue weighted by molar-refractivity contribution is -0.128. The highest BCUT2D eigenvalue weighted by Crippen LogP contribution is 2.22. The summed E-state index contributed by atoms with van der Waals surface area (Å²) >= 11 is 0. The highest BCUT2D eigenvalue weighted by Gasteiger charge is 2.34. The Morgan fingerprint density at radius 1 is 1.45 bits per heavy atom. The number of likely N-dealkylation sites (tertiary alicyclic amines) is 1. The van der Waals surface area contributed by atoms with Crippen LogP contribution in [0.25, 0.3) is 0 Å². The number of nitrogens with one attached hydrogen (secondary N) is 1. The summed E-state index contributed by atoms with van der Waals surface area (Å²) < 4.78 is 1.91. The zero-order chi connectivity index (χ0) is 14.9. The van der Waals surface area contributed by atoms with E-state index in [1.165, 1.54) is 0 Å². The standard InChI is InChI=1S/C14H22N4O2/c1-9(2)12(13-15-5-6-17(13)3)16-14(20)10-7-11(19)18(4)8-10/h5-6,9-10,12H,7-8H2,1-4H3,(H,16,20)/t10-,12-/m1/s1. The molecule has 6 nitrogen and oxygen atoms in total. The van der Waals surface area contributed by atoms with Gasteiger partial charge in [0.2, 0.25) is 11.8 Å². The van der Waals surface area contributed by atoms with Gasteiger partial charge in [0, 0.05) is 39.5 Å². The molecule has 1 aliphatic rings. The van der Waals surface area contributed by atoms with Crippen LogP contribution in [0.1, 0.15) is 32.1 Å². The first-order chi connectivity index (χ1) is 9.40. The minimum absolute atomic E-state index is 0.0308. The summed E-state index contributed by atoms with van der Waals surface area (Å²) in [6, 6.07) is -0.136. The number of amides is 2. The Labute approximate surface area is 119 Å². The third kappa shape index (κ3) is 2.84. The molecule has 0 radical (unpaired) electrons. The lowest BCUT2D eigenvalue weighted by atomic mass is 10.0. The molecule has 0 unspecified atom stereocenters. The average Bonchev–Trinajstić information content (AvgIpc) is 2.93. The molecule has 2 heterocycles. The molecule has 0 bridgehead atoms. The van der Waals surface area contributed by atoms with Crippen LogP contribution in [-0.2, 0) is 16.6 Å². The molecule has 110 valence electrons. The molecule has 0 saturated carbocycles. The van der Waals surface area contributed by atoms with Crippen LogP contribution in [0.4, 0.5) is 0 Å². The number of hydrogen-bond acceptors (Lipinski definition) is 3. The Bertz CT molecular complexity index is 509. The number of carbonyl (C=O) groups is 2. The quantitative estimate of drug-likeness (QED) is 0.882. The second-order valence-corrected chi connectivity index (χ2v) is 5.80. The van der Waals surface area contributed by atoms with E-state index in [0.717, 1.165) is 5.82 Å². The molecule has 20 heavy (non-hydrogen) atoms. The van der Waals surface area contributed by atoms with Crippen molar-refractivity contribution in [2.45, 2.75) is 26.3 Å². The van der Waals surface area contributed by atoms with Crippen molar-refractivity contribution in [3.63, 3.8) is 0 Å². The molecule has 0 spiro atoms. The zero-order valence-corrected chi connectivity index (χ0v) is 12.5. The Kier molecular flexibility index (Phi) is 4.11. The molecule has 6 heteroatoms. The van der Waals surface area contributed by atoms with E-state index in [4.69, 9.17) is 0 Å². The third-order valence-corrected chi connectivity index (χ3v) is 3.81. The van der Waals surface area contributed by atoms with Gasteiger partial charge in [-0.3, -0.25) is 9.59 Å². The zero-order valence-electron chi connectivity index (χ0n) is 12.5. The molecule has 1 aliphatic heterocycles. The third-order valence-electron chi connectivity index (χ3n) is 3.81. The lowest BCUT2D eigenvalue weighted by Gasteiger charge is -2.23. The summed E-state index contributed by atoms with van der Waals surface area (Å²) in [5.74, 6) is 0.780. The van der Waals surface area contributed by atoms with Crippen molar-refractivity contribution in [1.29, 1.82) is 0 Å². The number of hydrogen-bond donors (Lipinski definition) is 1. The predicted molar refractivity (Wildman–Crippen MR) is 74.7 cm³/mol. The molecule has 1 aromatic rings. The van der Waals surface area contributed by atoms with Crippen molar-refractivity contribution in [3.8, 4) is 0 Å². The van der Waals surface area contributed by atoms with Crippen LogP contribution in [0.5, 0.6) is 0 Å². The van der Waals surface area contributed by atoms with E-state index in [2.05, 4.69) is 10.3 Å². The van der Waals surface area contributed by atoms with Gasteiger partial charge < -0.3 is 14.8 Å². The fourth-order valence-corrected chi connectivity index (χ4v) is 2.52. The average molecular weight is 278 g/mol. The van der Waals surface area contributed by atoms with Gasteiger partial charge in [0.05, 0.1) is 12.0 Å². The first-order valence-electron chi connectivity index (χ1n) is 6.91. The SMILES string of the molecule is CC(C)[C@@H](NC(=O)[C@@H]1CC(=O)N(C)C1)c1nccn1C. The summed E-state index contributed by atoms with van der Waals surface area (Å²) in [5, 5.41) is 3.04. The van der Waals surface area contributed by atoms with Gasteiger partial charge in [-0.25, -0.2) is 4.98 Å². The van der Waals surface area contributed by atoms with Gasteiger partial charge in [-0.05, 0) is 5.92 Å². The Morgan fingerprint density at radius 3 is 2.60 bits per heavy atom. The number of aromatic nitrogens is 2. The Hall–Kier alpha value is -1.85. The van der Waals surface area contributed by atoms with Crippen LogP contribution >= 0.6 is 0 Å². The smallest absolute Gasteiger partial charge is 0.226 e. The molecule has 0 aromatic carbocycles.